The number of aryl methyl sites for hydroxylation is 1. The minimum atomic E-state index is -0.251. The summed E-state index contributed by atoms with van der Waals surface area (Å²) in [5.41, 5.74) is 0.669. The smallest absolute Gasteiger partial charge is 0.317 e. The van der Waals surface area contributed by atoms with Gasteiger partial charge in [0.1, 0.15) is 6.23 Å². The Balaban J connectivity index is 1.35. The van der Waals surface area contributed by atoms with Crippen LogP contribution in [0.25, 0.3) is 6.08 Å². The zero-order valence-electron chi connectivity index (χ0n) is 15.4. The molecule has 4 saturated heterocycles. The molecule has 3 amide bonds. The number of rotatable bonds is 2. The monoisotopic (exact) mass is 371 g/mol. The maximum Gasteiger partial charge on any atom is 0.317 e. The lowest BCUT2D eigenvalue weighted by molar-refractivity contribution is -0.132. The summed E-state index contributed by atoms with van der Waals surface area (Å²) in [7, 11) is 1.86. The van der Waals surface area contributed by atoms with Crippen LogP contribution >= 0.6 is 0 Å². The molecule has 8 nitrogen and oxygen atoms in total. The number of nitrogens with one attached hydrogen (secondary N) is 2. The van der Waals surface area contributed by atoms with Gasteiger partial charge in [0.25, 0.3) is 0 Å². The average molecular weight is 371 g/mol. The molecule has 5 rings (SSSR count). The number of urea groups is 1. The van der Waals surface area contributed by atoms with Gasteiger partial charge in [-0.1, -0.05) is 0 Å². The van der Waals surface area contributed by atoms with Crippen molar-refractivity contribution >= 4 is 18.0 Å². The van der Waals surface area contributed by atoms with Crippen molar-refractivity contribution in [2.24, 2.45) is 13.0 Å². The zero-order valence-corrected chi connectivity index (χ0v) is 15.4. The topological polar surface area (TPSA) is 88.5 Å². The minimum Gasteiger partial charge on any atom is -0.358 e. The van der Waals surface area contributed by atoms with Crippen LogP contribution in [0, 0.1) is 5.92 Å². The Hall–Kier alpha value is -2.35. The number of ether oxygens (including phenoxy) is 1. The molecule has 2 bridgehead atoms. The molecule has 27 heavy (non-hydrogen) atoms. The fourth-order valence-corrected chi connectivity index (χ4v) is 5.61. The van der Waals surface area contributed by atoms with Crippen molar-refractivity contribution in [2.75, 3.05) is 6.61 Å². The van der Waals surface area contributed by atoms with E-state index in [0.29, 0.717) is 6.61 Å². The van der Waals surface area contributed by atoms with Crippen molar-refractivity contribution in [3.8, 4) is 0 Å². The molecule has 2 unspecified atom stereocenters. The van der Waals surface area contributed by atoms with E-state index >= 15 is 0 Å². The van der Waals surface area contributed by atoms with Crippen LogP contribution < -0.4 is 10.6 Å². The maximum atomic E-state index is 12.9. The van der Waals surface area contributed by atoms with Crippen molar-refractivity contribution in [1.82, 2.24) is 25.3 Å². The fourth-order valence-electron chi connectivity index (χ4n) is 5.61. The lowest BCUT2D eigenvalue weighted by Crippen LogP contribution is -2.71. The third kappa shape index (κ3) is 2.74. The quantitative estimate of drug-likeness (QED) is 0.759. The van der Waals surface area contributed by atoms with Crippen molar-refractivity contribution in [3.05, 3.63) is 24.0 Å². The number of amides is 3. The van der Waals surface area contributed by atoms with Gasteiger partial charge in [0.2, 0.25) is 5.91 Å². The van der Waals surface area contributed by atoms with Gasteiger partial charge in [0, 0.05) is 49.5 Å². The van der Waals surface area contributed by atoms with Crippen LogP contribution in [0.15, 0.2) is 18.5 Å². The molecule has 0 radical (unpaired) electrons. The van der Waals surface area contributed by atoms with E-state index in [4.69, 9.17) is 4.74 Å². The number of piperidine rings is 1. The Bertz CT molecular complexity index is 789. The van der Waals surface area contributed by atoms with Crippen LogP contribution in [-0.2, 0) is 16.6 Å². The van der Waals surface area contributed by atoms with Gasteiger partial charge < -0.3 is 20.3 Å². The molecule has 144 valence electrons. The normalized spacial score (nSPS) is 37.5. The van der Waals surface area contributed by atoms with Gasteiger partial charge in [-0.05, 0) is 38.2 Å². The van der Waals surface area contributed by atoms with Crippen molar-refractivity contribution in [3.63, 3.8) is 0 Å². The lowest BCUT2D eigenvalue weighted by Gasteiger charge is -2.52. The van der Waals surface area contributed by atoms with Gasteiger partial charge in [0.05, 0.1) is 11.7 Å². The van der Waals surface area contributed by atoms with E-state index in [2.05, 4.69) is 15.7 Å². The number of carbonyl (C=O) groups is 2. The molecule has 4 aliphatic heterocycles. The molecule has 1 spiro atoms. The molecule has 4 aliphatic rings. The number of carbonyl (C=O) groups excluding carboxylic acids is 2. The van der Waals surface area contributed by atoms with E-state index in [1.165, 1.54) is 0 Å². The second-order valence-electron chi connectivity index (χ2n) is 8.26. The first-order valence-corrected chi connectivity index (χ1v) is 9.73. The number of nitrogens with zero attached hydrogens (tertiary/aromatic N) is 3. The number of hydrogen-bond donors (Lipinski definition) is 2. The van der Waals surface area contributed by atoms with Crippen molar-refractivity contribution < 1.29 is 14.3 Å². The SMILES string of the molecule is Cn1cc(/C=C/C(=O)N2C3CCC2CC2(C3)NC(=O)N[C@H]3OCC[C@H]32)cn1. The van der Waals surface area contributed by atoms with Crippen LogP contribution in [0.1, 0.15) is 37.7 Å². The maximum absolute atomic E-state index is 12.9. The Morgan fingerprint density at radius 1 is 1.33 bits per heavy atom. The predicted molar refractivity (Wildman–Crippen MR) is 97.4 cm³/mol. The van der Waals surface area contributed by atoms with E-state index in [1.807, 2.05) is 24.2 Å². The Morgan fingerprint density at radius 3 is 2.81 bits per heavy atom. The summed E-state index contributed by atoms with van der Waals surface area (Å²) in [5.74, 6) is 0.335. The highest BCUT2D eigenvalue weighted by Crippen LogP contribution is 2.48. The van der Waals surface area contributed by atoms with Crippen LogP contribution in [0.3, 0.4) is 0 Å². The Labute approximate surface area is 157 Å². The first-order chi connectivity index (χ1) is 13.0. The van der Waals surface area contributed by atoms with E-state index in [-0.39, 0.29) is 41.7 Å². The highest BCUT2D eigenvalue weighted by Gasteiger charge is 2.58. The molecule has 1 aromatic rings. The highest BCUT2D eigenvalue weighted by atomic mass is 16.5. The van der Waals surface area contributed by atoms with E-state index in [0.717, 1.165) is 37.7 Å². The summed E-state index contributed by atoms with van der Waals surface area (Å²) in [4.78, 5) is 27.1. The summed E-state index contributed by atoms with van der Waals surface area (Å²) in [5, 5.41) is 10.3. The van der Waals surface area contributed by atoms with E-state index in [9.17, 15) is 9.59 Å². The summed E-state index contributed by atoms with van der Waals surface area (Å²) < 4.78 is 7.46. The second-order valence-corrected chi connectivity index (χ2v) is 8.26. The van der Waals surface area contributed by atoms with Crippen LogP contribution in [0.5, 0.6) is 0 Å². The first kappa shape index (κ1) is 16.8. The molecular formula is C19H25N5O3. The fraction of sp³-hybridized carbons (Fsp3) is 0.632. The summed E-state index contributed by atoms with van der Waals surface area (Å²) in [6, 6.07) is 0.206. The Morgan fingerprint density at radius 2 is 2.11 bits per heavy atom. The molecule has 4 atom stereocenters. The largest absolute Gasteiger partial charge is 0.358 e. The molecule has 8 heteroatoms. The lowest BCUT2D eigenvalue weighted by atomic mass is 9.71. The van der Waals surface area contributed by atoms with Crippen LogP contribution in [0.2, 0.25) is 0 Å². The molecule has 0 aromatic carbocycles. The molecule has 0 aliphatic carbocycles. The summed E-state index contributed by atoms with van der Waals surface area (Å²) in [6.07, 6.45) is 11.5. The van der Waals surface area contributed by atoms with Crippen LogP contribution in [0.4, 0.5) is 4.79 Å². The van der Waals surface area contributed by atoms with Gasteiger partial charge in [-0.2, -0.15) is 5.10 Å². The number of aromatic nitrogens is 2. The highest BCUT2D eigenvalue weighted by molar-refractivity contribution is 5.92. The molecule has 5 heterocycles. The van der Waals surface area contributed by atoms with Gasteiger partial charge in [0.15, 0.2) is 0 Å². The average Bonchev–Trinajstić information content (AvgIpc) is 3.32. The van der Waals surface area contributed by atoms with Gasteiger partial charge >= 0.3 is 6.03 Å². The Kier molecular flexibility index (Phi) is 3.79. The molecule has 0 saturated carbocycles. The molecule has 1 aromatic heterocycles. The molecular weight excluding hydrogens is 346 g/mol. The molecule has 4 fully saturated rings. The third-order valence-corrected chi connectivity index (χ3v) is 6.65. The predicted octanol–water partition coefficient (Wildman–Crippen LogP) is 1.00. The minimum absolute atomic E-state index is 0.0562. The van der Waals surface area contributed by atoms with E-state index < -0.39 is 0 Å². The first-order valence-electron chi connectivity index (χ1n) is 9.73. The number of hydrogen-bond acceptors (Lipinski definition) is 4. The van der Waals surface area contributed by atoms with Crippen molar-refractivity contribution in [2.45, 2.75) is 56.0 Å². The summed E-state index contributed by atoms with van der Waals surface area (Å²) in [6.45, 7) is 0.685. The zero-order chi connectivity index (χ0) is 18.6. The second kappa shape index (κ2) is 6.09. The molecule has 2 N–H and O–H groups in total. The van der Waals surface area contributed by atoms with Gasteiger partial charge in [-0.25, -0.2) is 4.79 Å². The van der Waals surface area contributed by atoms with Gasteiger partial charge in [-0.15, -0.1) is 0 Å². The van der Waals surface area contributed by atoms with Crippen molar-refractivity contribution in [1.29, 1.82) is 0 Å². The third-order valence-electron chi connectivity index (χ3n) is 6.65. The summed E-state index contributed by atoms with van der Waals surface area (Å²) >= 11 is 0. The van der Waals surface area contributed by atoms with E-state index in [1.54, 1.807) is 17.0 Å². The van der Waals surface area contributed by atoms with Gasteiger partial charge in [-0.3, -0.25) is 9.48 Å². The van der Waals surface area contributed by atoms with Crippen LogP contribution in [-0.4, -0.2) is 57.1 Å². The number of fused-ring (bicyclic) bond motifs is 4. The standard InChI is InChI=1S/C19H25N5O3/c1-23-11-12(10-20-23)2-5-16(25)24-13-3-4-14(24)9-19(8-13)15-6-7-27-17(15)21-18(26)22-19/h2,5,10-11,13-15,17H,3-4,6-9H2,1H3,(H2,21,22,26)/b5-2+/t13?,14?,15-,17+,19?/m1/s1.